The van der Waals surface area contributed by atoms with Crippen molar-refractivity contribution in [2.45, 2.75) is 22.3 Å². The average molecular weight is 379 g/mol. The van der Waals surface area contributed by atoms with Crippen molar-refractivity contribution in [3.05, 3.63) is 38.5 Å². The maximum atomic E-state index is 12.6. The summed E-state index contributed by atoms with van der Waals surface area (Å²) in [5, 5.41) is 11.9. The highest BCUT2D eigenvalue weighted by Crippen LogP contribution is 2.45. The van der Waals surface area contributed by atoms with Crippen molar-refractivity contribution in [1.82, 2.24) is 0 Å². The first kappa shape index (κ1) is 15.6. The summed E-state index contributed by atoms with van der Waals surface area (Å²) in [5.74, 6) is -1.02. The fourth-order valence-corrected chi connectivity index (χ4v) is 5.35. The normalized spacial score (nSPS) is 17.1. The quantitative estimate of drug-likeness (QED) is 0.885. The van der Waals surface area contributed by atoms with Gasteiger partial charge in [-0.1, -0.05) is 23.2 Å². The van der Waals surface area contributed by atoms with E-state index in [0.29, 0.717) is 5.56 Å². The number of rotatable bonds is 3. The van der Waals surface area contributed by atoms with Gasteiger partial charge in [0.05, 0.1) is 14.8 Å². The molecule has 0 spiro atoms. The fourth-order valence-electron chi connectivity index (χ4n) is 2.16. The van der Waals surface area contributed by atoms with Gasteiger partial charge in [0.25, 0.3) is 0 Å². The first-order valence-electron chi connectivity index (χ1n) is 6.00. The molecule has 1 unspecified atom stereocenters. The number of hydrogen-bond donors (Lipinski definition) is 1. The van der Waals surface area contributed by atoms with E-state index in [1.807, 2.05) is 0 Å². The van der Waals surface area contributed by atoms with Gasteiger partial charge in [-0.2, -0.15) is 11.3 Å². The third kappa shape index (κ3) is 2.38. The molecule has 0 saturated carbocycles. The van der Waals surface area contributed by atoms with Crippen molar-refractivity contribution in [2.75, 3.05) is 0 Å². The summed E-state index contributed by atoms with van der Waals surface area (Å²) in [6.45, 7) is 0. The van der Waals surface area contributed by atoms with Crippen LogP contribution in [0.5, 0.6) is 5.75 Å². The SMILES string of the molecule is O=C(O)C1Cc2cc(S(=O)(=O)c3ccsc3)c(Cl)c(Cl)c2O1. The molecule has 22 heavy (non-hydrogen) atoms. The molecule has 0 saturated heterocycles. The third-order valence-electron chi connectivity index (χ3n) is 3.24. The van der Waals surface area contributed by atoms with Gasteiger partial charge in [-0.15, -0.1) is 0 Å². The molecule has 0 bridgehead atoms. The fraction of sp³-hybridized carbons (Fsp3) is 0.154. The average Bonchev–Trinajstić information content (AvgIpc) is 3.11. The minimum atomic E-state index is -3.82. The van der Waals surface area contributed by atoms with Crippen LogP contribution in [0, 0.1) is 0 Å². The van der Waals surface area contributed by atoms with Gasteiger partial charge in [-0.05, 0) is 17.5 Å². The van der Waals surface area contributed by atoms with Crippen LogP contribution in [-0.2, 0) is 21.1 Å². The van der Waals surface area contributed by atoms with Gasteiger partial charge in [-0.3, -0.25) is 0 Å². The standard InChI is InChI=1S/C13H8Cl2O5S2/c14-10-9(22(18,19)7-1-2-21-5-7)4-6-3-8(13(16)17)20-12(6)11(10)15/h1-2,4-5,8H,3H2,(H,16,17). The van der Waals surface area contributed by atoms with Crippen LogP contribution in [0.3, 0.4) is 0 Å². The number of fused-ring (bicyclic) bond motifs is 1. The highest BCUT2D eigenvalue weighted by Gasteiger charge is 2.35. The lowest BCUT2D eigenvalue weighted by Crippen LogP contribution is -2.24. The van der Waals surface area contributed by atoms with Gasteiger partial charge in [-0.25, -0.2) is 13.2 Å². The van der Waals surface area contributed by atoms with Crippen LogP contribution in [0.25, 0.3) is 0 Å². The van der Waals surface area contributed by atoms with E-state index in [1.54, 1.807) is 5.38 Å². The maximum absolute atomic E-state index is 12.6. The lowest BCUT2D eigenvalue weighted by Gasteiger charge is -2.10. The molecule has 5 nitrogen and oxygen atoms in total. The van der Waals surface area contributed by atoms with Crippen LogP contribution in [0.1, 0.15) is 5.56 Å². The Morgan fingerprint density at radius 1 is 1.36 bits per heavy atom. The molecule has 1 aliphatic heterocycles. The molecule has 9 heteroatoms. The van der Waals surface area contributed by atoms with Crippen molar-refractivity contribution in [3.8, 4) is 5.75 Å². The highest BCUT2D eigenvalue weighted by atomic mass is 35.5. The number of thiophene rings is 1. The zero-order valence-corrected chi connectivity index (χ0v) is 13.9. The van der Waals surface area contributed by atoms with Crippen LogP contribution < -0.4 is 4.74 Å². The Morgan fingerprint density at radius 2 is 2.09 bits per heavy atom. The lowest BCUT2D eigenvalue weighted by molar-refractivity contribution is -0.144. The van der Waals surface area contributed by atoms with Crippen molar-refractivity contribution in [2.24, 2.45) is 0 Å². The molecule has 0 radical (unpaired) electrons. The number of halogens is 2. The summed E-state index contributed by atoms with van der Waals surface area (Å²) in [6, 6.07) is 2.80. The number of carbonyl (C=O) groups is 1. The van der Waals surface area contributed by atoms with Crippen LogP contribution in [0.15, 0.2) is 32.7 Å². The van der Waals surface area contributed by atoms with Crippen molar-refractivity contribution in [1.29, 1.82) is 0 Å². The summed E-state index contributed by atoms with van der Waals surface area (Å²) in [4.78, 5) is 11.0. The molecule has 116 valence electrons. The Labute approximate surface area is 140 Å². The number of benzene rings is 1. The Hall–Kier alpha value is -1.28. The van der Waals surface area contributed by atoms with E-state index in [0.717, 1.165) is 0 Å². The van der Waals surface area contributed by atoms with E-state index in [2.05, 4.69) is 0 Å². The Balaban J connectivity index is 2.16. The van der Waals surface area contributed by atoms with E-state index in [4.69, 9.17) is 33.0 Å². The molecule has 1 aromatic heterocycles. The number of carboxylic acids is 1. The Bertz CT molecular complexity index is 859. The summed E-state index contributed by atoms with van der Waals surface area (Å²) in [6.07, 6.45) is -1.06. The number of sulfone groups is 1. The molecule has 2 aromatic rings. The monoisotopic (exact) mass is 378 g/mol. The number of carboxylic acid groups (broad SMARTS) is 1. The molecule has 3 rings (SSSR count). The van der Waals surface area contributed by atoms with E-state index >= 15 is 0 Å². The summed E-state index contributed by atoms with van der Waals surface area (Å²) in [7, 11) is -3.82. The van der Waals surface area contributed by atoms with Crippen LogP contribution in [0.2, 0.25) is 10.0 Å². The van der Waals surface area contributed by atoms with Gasteiger partial charge in [0, 0.05) is 17.4 Å². The van der Waals surface area contributed by atoms with Crippen LogP contribution in [0.4, 0.5) is 0 Å². The Morgan fingerprint density at radius 3 is 2.68 bits per heavy atom. The van der Waals surface area contributed by atoms with E-state index in [9.17, 15) is 13.2 Å². The molecule has 0 fully saturated rings. The van der Waals surface area contributed by atoms with E-state index in [1.165, 1.54) is 28.8 Å². The number of ether oxygens (including phenoxy) is 1. The first-order valence-corrected chi connectivity index (χ1v) is 9.18. The molecule has 0 amide bonds. The summed E-state index contributed by atoms with van der Waals surface area (Å²) < 4.78 is 30.4. The van der Waals surface area contributed by atoms with Gasteiger partial charge in [0.2, 0.25) is 9.84 Å². The molecule has 1 atom stereocenters. The van der Waals surface area contributed by atoms with Gasteiger partial charge >= 0.3 is 5.97 Å². The van der Waals surface area contributed by atoms with Gasteiger partial charge < -0.3 is 9.84 Å². The predicted molar refractivity (Wildman–Crippen MR) is 82.0 cm³/mol. The molecule has 1 aromatic carbocycles. The van der Waals surface area contributed by atoms with Gasteiger partial charge in [0.1, 0.15) is 10.8 Å². The molecular weight excluding hydrogens is 371 g/mol. The van der Waals surface area contributed by atoms with Crippen LogP contribution in [-0.4, -0.2) is 25.6 Å². The zero-order chi connectivity index (χ0) is 16.1. The summed E-state index contributed by atoms with van der Waals surface area (Å²) >= 11 is 13.4. The van der Waals surface area contributed by atoms with Crippen molar-refractivity contribution < 1.29 is 23.1 Å². The topological polar surface area (TPSA) is 80.7 Å². The minimum Gasteiger partial charge on any atom is -0.478 e. The lowest BCUT2D eigenvalue weighted by atomic mass is 10.1. The van der Waals surface area contributed by atoms with Crippen molar-refractivity contribution in [3.63, 3.8) is 0 Å². The highest BCUT2D eigenvalue weighted by molar-refractivity contribution is 7.91. The third-order valence-corrected chi connectivity index (χ3v) is 6.81. The second-order valence-electron chi connectivity index (χ2n) is 4.60. The predicted octanol–water partition coefficient (Wildman–Crippen LogP) is 3.28. The van der Waals surface area contributed by atoms with Crippen molar-refractivity contribution >= 4 is 50.3 Å². The zero-order valence-electron chi connectivity index (χ0n) is 10.7. The summed E-state index contributed by atoms with van der Waals surface area (Å²) in [5.41, 5.74) is 0.413. The minimum absolute atomic E-state index is 0.0354. The molecular formula is C13H8Cl2O5S2. The molecule has 0 aliphatic carbocycles. The molecule has 1 N–H and O–H groups in total. The number of aliphatic carboxylic acids is 1. The smallest absolute Gasteiger partial charge is 0.345 e. The largest absolute Gasteiger partial charge is 0.478 e. The maximum Gasteiger partial charge on any atom is 0.345 e. The van der Waals surface area contributed by atoms with Crippen LogP contribution >= 0.6 is 34.5 Å². The second-order valence-corrected chi connectivity index (χ2v) is 8.06. The molecule has 1 aliphatic rings. The second kappa shape index (κ2) is 5.42. The van der Waals surface area contributed by atoms with E-state index in [-0.39, 0.29) is 32.0 Å². The number of hydrogen-bond acceptors (Lipinski definition) is 5. The Kier molecular flexibility index (Phi) is 3.84. The first-order chi connectivity index (χ1) is 10.3. The van der Waals surface area contributed by atoms with Gasteiger partial charge in [0.15, 0.2) is 6.10 Å². The van der Waals surface area contributed by atoms with E-state index < -0.39 is 21.9 Å². The molecule has 2 heterocycles.